The predicted molar refractivity (Wildman–Crippen MR) is 75.2 cm³/mol. The number of ether oxygens (including phenoxy) is 1. The van der Waals surface area contributed by atoms with Crippen LogP contribution < -0.4 is 0 Å². The quantitative estimate of drug-likeness (QED) is 0.769. The number of ketones is 1. The van der Waals surface area contributed by atoms with Gasteiger partial charge in [0.15, 0.2) is 0 Å². The van der Waals surface area contributed by atoms with Crippen molar-refractivity contribution in [1.29, 1.82) is 0 Å². The summed E-state index contributed by atoms with van der Waals surface area (Å²) in [6.07, 6.45) is 9.84. The first-order chi connectivity index (χ1) is 9.19. The van der Waals surface area contributed by atoms with Crippen LogP contribution in [0.3, 0.4) is 0 Å². The van der Waals surface area contributed by atoms with Gasteiger partial charge in [-0.05, 0) is 52.0 Å². The maximum Gasteiger partial charge on any atom is 0.134 e. The smallest absolute Gasteiger partial charge is 0.134 e. The Bertz CT molecular complexity index is 336. The van der Waals surface area contributed by atoms with Crippen molar-refractivity contribution in [2.24, 2.45) is 5.92 Å². The summed E-state index contributed by atoms with van der Waals surface area (Å²) >= 11 is 0. The van der Waals surface area contributed by atoms with Gasteiger partial charge in [0.25, 0.3) is 0 Å². The first-order valence-electron chi connectivity index (χ1n) is 8.07. The van der Waals surface area contributed by atoms with Gasteiger partial charge in [0.05, 0.1) is 5.60 Å². The second-order valence-corrected chi connectivity index (χ2v) is 6.83. The number of carbonyl (C=O) groups is 1. The van der Waals surface area contributed by atoms with E-state index in [4.69, 9.17) is 4.74 Å². The molecule has 3 rings (SSSR count). The normalized spacial score (nSPS) is 35.6. The fourth-order valence-corrected chi connectivity index (χ4v) is 4.35. The number of carbonyl (C=O) groups excluding carboxylic acids is 1. The fourth-order valence-electron chi connectivity index (χ4n) is 4.35. The van der Waals surface area contributed by atoms with Gasteiger partial charge in [-0.25, -0.2) is 0 Å². The Kier molecular flexibility index (Phi) is 3.95. The molecule has 2 saturated heterocycles. The summed E-state index contributed by atoms with van der Waals surface area (Å²) < 4.78 is 6.13. The molecule has 0 amide bonds. The number of hydrogen-bond donors (Lipinski definition) is 0. The fraction of sp³-hybridized carbons (Fsp3) is 0.938. The molecular formula is C16H27NO2. The van der Waals surface area contributed by atoms with Gasteiger partial charge in [0.2, 0.25) is 0 Å². The van der Waals surface area contributed by atoms with E-state index < -0.39 is 0 Å². The number of hydrogen-bond acceptors (Lipinski definition) is 3. The average molecular weight is 265 g/mol. The van der Waals surface area contributed by atoms with Crippen molar-refractivity contribution in [3.8, 4) is 0 Å². The lowest BCUT2D eigenvalue weighted by atomic mass is 9.86. The third kappa shape index (κ3) is 2.87. The number of Topliss-reactive ketones (excluding diaryl/α,β-unsaturated/α-hetero) is 1. The van der Waals surface area contributed by atoms with E-state index in [-0.39, 0.29) is 11.5 Å². The van der Waals surface area contributed by atoms with Crippen LogP contribution in [0.5, 0.6) is 0 Å². The molecule has 0 N–H and O–H groups in total. The second-order valence-electron chi connectivity index (χ2n) is 6.83. The topological polar surface area (TPSA) is 29.5 Å². The van der Waals surface area contributed by atoms with Gasteiger partial charge in [-0.1, -0.05) is 12.8 Å². The molecule has 1 aliphatic carbocycles. The Morgan fingerprint density at radius 3 is 2.74 bits per heavy atom. The molecule has 3 heteroatoms. The maximum atomic E-state index is 11.6. The standard InChI is InChI=1S/C16H27NO2/c1-13(18)14-5-4-9-17(12-14)15-6-10-19-16(11-15)7-2-3-8-16/h14-15H,2-12H2,1H3. The molecule has 0 bridgehead atoms. The number of rotatable bonds is 2. The van der Waals surface area contributed by atoms with E-state index in [1.54, 1.807) is 6.92 Å². The number of piperidine rings is 1. The van der Waals surface area contributed by atoms with Gasteiger partial charge < -0.3 is 4.74 Å². The van der Waals surface area contributed by atoms with E-state index in [9.17, 15) is 4.79 Å². The van der Waals surface area contributed by atoms with Crippen LogP contribution in [-0.4, -0.2) is 42.0 Å². The molecule has 2 unspecified atom stereocenters. The number of nitrogens with zero attached hydrogens (tertiary/aromatic N) is 1. The molecule has 2 heterocycles. The van der Waals surface area contributed by atoms with Crippen LogP contribution in [0, 0.1) is 5.92 Å². The molecule has 3 aliphatic rings. The molecular weight excluding hydrogens is 238 g/mol. The highest BCUT2D eigenvalue weighted by Crippen LogP contribution is 2.41. The van der Waals surface area contributed by atoms with Crippen LogP contribution >= 0.6 is 0 Å². The highest BCUT2D eigenvalue weighted by molar-refractivity contribution is 5.78. The molecule has 0 aromatic rings. The van der Waals surface area contributed by atoms with Crippen molar-refractivity contribution in [1.82, 2.24) is 4.90 Å². The Hall–Kier alpha value is -0.410. The monoisotopic (exact) mass is 265 g/mol. The first kappa shape index (κ1) is 13.6. The third-order valence-electron chi connectivity index (χ3n) is 5.53. The molecule has 0 aromatic heterocycles. The van der Waals surface area contributed by atoms with E-state index >= 15 is 0 Å². The van der Waals surface area contributed by atoms with Gasteiger partial charge in [0, 0.05) is 25.1 Å². The van der Waals surface area contributed by atoms with Crippen LogP contribution in [0.25, 0.3) is 0 Å². The van der Waals surface area contributed by atoms with E-state index in [0.29, 0.717) is 11.8 Å². The van der Waals surface area contributed by atoms with Crippen molar-refractivity contribution >= 4 is 5.78 Å². The Morgan fingerprint density at radius 1 is 1.21 bits per heavy atom. The molecule has 3 fully saturated rings. The molecule has 1 spiro atoms. The third-order valence-corrected chi connectivity index (χ3v) is 5.53. The summed E-state index contributed by atoms with van der Waals surface area (Å²) in [6.45, 7) is 4.86. The summed E-state index contributed by atoms with van der Waals surface area (Å²) in [5.41, 5.74) is 0.200. The largest absolute Gasteiger partial charge is 0.375 e. The lowest BCUT2D eigenvalue weighted by Crippen LogP contribution is -2.51. The zero-order chi connectivity index (χ0) is 13.3. The SMILES string of the molecule is CC(=O)C1CCCN(C2CCOC3(CCCC3)C2)C1. The molecule has 1 saturated carbocycles. The lowest BCUT2D eigenvalue weighted by molar-refractivity contribution is -0.125. The minimum atomic E-state index is 0.200. The van der Waals surface area contributed by atoms with Gasteiger partial charge in [-0.15, -0.1) is 0 Å². The Balaban J connectivity index is 1.63. The highest BCUT2D eigenvalue weighted by Gasteiger charge is 2.42. The van der Waals surface area contributed by atoms with Crippen LogP contribution in [0.15, 0.2) is 0 Å². The van der Waals surface area contributed by atoms with Gasteiger partial charge in [-0.3, -0.25) is 9.69 Å². The Morgan fingerprint density at radius 2 is 2.00 bits per heavy atom. The van der Waals surface area contributed by atoms with Crippen molar-refractivity contribution in [3.05, 3.63) is 0 Å². The lowest BCUT2D eigenvalue weighted by Gasteiger charge is -2.45. The summed E-state index contributed by atoms with van der Waals surface area (Å²) in [7, 11) is 0. The highest BCUT2D eigenvalue weighted by atomic mass is 16.5. The van der Waals surface area contributed by atoms with Gasteiger partial charge >= 0.3 is 0 Å². The van der Waals surface area contributed by atoms with Gasteiger partial charge in [-0.2, -0.15) is 0 Å². The summed E-state index contributed by atoms with van der Waals surface area (Å²) in [6, 6.07) is 0.661. The van der Waals surface area contributed by atoms with Gasteiger partial charge in [0.1, 0.15) is 5.78 Å². The van der Waals surface area contributed by atoms with Crippen molar-refractivity contribution in [2.45, 2.75) is 69.9 Å². The summed E-state index contributed by atoms with van der Waals surface area (Å²) in [4.78, 5) is 14.2. The maximum absolute atomic E-state index is 11.6. The summed E-state index contributed by atoms with van der Waals surface area (Å²) in [5, 5.41) is 0. The summed E-state index contributed by atoms with van der Waals surface area (Å²) in [5.74, 6) is 0.670. The molecule has 0 radical (unpaired) electrons. The van der Waals surface area contributed by atoms with Crippen LogP contribution in [0.4, 0.5) is 0 Å². The molecule has 108 valence electrons. The number of likely N-dealkylation sites (tertiary alicyclic amines) is 1. The molecule has 0 aromatic carbocycles. The van der Waals surface area contributed by atoms with E-state index in [0.717, 1.165) is 26.0 Å². The van der Waals surface area contributed by atoms with Crippen molar-refractivity contribution < 1.29 is 9.53 Å². The zero-order valence-electron chi connectivity index (χ0n) is 12.2. The molecule has 2 atom stereocenters. The van der Waals surface area contributed by atoms with Crippen molar-refractivity contribution in [3.63, 3.8) is 0 Å². The van der Waals surface area contributed by atoms with Crippen LogP contribution in [-0.2, 0) is 9.53 Å². The predicted octanol–water partition coefficient (Wildman–Crippen LogP) is 2.78. The molecule has 19 heavy (non-hydrogen) atoms. The van der Waals surface area contributed by atoms with Crippen LogP contribution in [0.2, 0.25) is 0 Å². The minimum absolute atomic E-state index is 0.200. The second kappa shape index (κ2) is 5.53. The van der Waals surface area contributed by atoms with Crippen molar-refractivity contribution in [2.75, 3.05) is 19.7 Å². The van der Waals surface area contributed by atoms with E-state index in [2.05, 4.69) is 4.90 Å². The van der Waals surface area contributed by atoms with E-state index in [1.165, 1.54) is 45.1 Å². The van der Waals surface area contributed by atoms with Crippen LogP contribution in [0.1, 0.15) is 58.3 Å². The first-order valence-corrected chi connectivity index (χ1v) is 8.07. The zero-order valence-corrected chi connectivity index (χ0v) is 12.2. The average Bonchev–Trinajstić information content (AvgIpc) is 2.87. The minimum Gasteiger partial charge on any atom is -0.375 e. The Labute approximate surface area is 116 Å². The molecule has 2 aliphatic heterocycles. The molecule has 3 nitrogen and oxygen atoms in total. The van der Waals surface area contributed by atoms with E-state index in [1.807, 2.05) is 0 Å².